The van der Waals surface area contributed by atoms with E-state index in [1.165, 1.54) is 0 Å². The summed E-state index contributed by atoms with van der Waals surface area (Å²) >= 11 is 3.36. The monoisotopic (exact) mass is 318 g/mol. The third-order valence-electron chi connectivity index (χ3n) is 3.21. The summed E-state index contributed by atoms with van der Waals surface area (Å²) in [5, 5.41) is 0. The topological polar surface area (TPSA) is 52.7 Å². The minimum atomic E-state index is -0.0586. The smallest absolute Gasteiger partial charge is 0.281 e. The molecule has 0 aliphatic heterocycles. The molecule has 0 aliphatic carbocycles. The zero-order valence-electron chi connectivity index (χ0n) is 10.5. The summed E-state index contributed by atoms with van der Waals surface area (Å²) in [6.07, 6.45) is 3.32. The van der Waals surface area contributed by atoms with Gasteiger partial charge in [-0.3, -0.25) is 24.1 Å². The van der Waals surface area contributed by atoms with Gasteiger partial charge in [0.05, 0.1) is 16.7 Å². The molecule has 3 aromatic rings. The van der Waals surface area contributed by atoms with Crippen molar-refractivity contribution in [1.29, 1.82) is 0 Å². The van der Waals surface area contributed by atoms with Crippen LogP contribution in [0.5, 0.6) is 0 Å². The van der Waals surface area contributed by atoms with E-state index in [9.17, 15) is 4.79 Å². The SMILES string of the molecule is Cn1c(-c2ccc3nccnc3c2)c(Br)c(=O)n1C. The quantitative estimate of drug-likeness (QED) is 0.690. The first-order chi connectivity index (χ1) is 9.09. The van der Waals surface area contributed by atoms with Gasteiger partial charge in [-0.15, -0.1) is 0 Å². The molecule has 0 unspecified atom stereocenters. The highest BCUT2D eigenvalue weighted by atomic mass is 79.9. The number of nitrogens with zero attached hydrogens (tertiary/aromatic N) is 4. The summed E-state index contributed by atoms with van der Waals surface area (Å²) in [7, 11) is 3.58. The lowest BCUT2D eigenvalue weighted by molar-refractivity contribution is 0.584. The molecule has 2 heterocycles. The Balaban J connectivity index is 2.31. The molecule has 0 fully saturated rings. The molecule has 6 heteroatoms. The molecule has 96 valence electrons. The largest absolute Gasteiger partial charge is 0.284 e. The van der Waals surface area contributed by atoms with E-state index in [0.717, 1.165) is 22.3 Å². The number of halogens is 1. The van der Waals surface area contributed by atoms with E-state index in [2.05, 4.69) is 25.9 Å². The predicted molar refractivity (Wildman–Crippen MR) is 76.9 cm³/mol. The van der Waals surface area contributed by atoms with Crippen LogP contribution in [0.2, 0.25) is 0 Å². The molecule has 0 saturated heterocycles. The van der Waals surface area contributed by atoms with Gasteiger partial charge in [0.2, 0.25) is 0 Å². The van der Waals surface area contributed by atoms with E-state index in [1.54, 1.807) is 24.1 Å². The van der Waals surface area contributed by atoms with Gasteiger partial charge >= 0.3 is 0 Å². The summed E-state index contributed by atoms with van der Waals surface area (Å²) in [4.78, 5) is 20.4. The van der Waals surface area contributed by atoms with Gasteiger partial charge in [0, 0.05) is 32.1 Å². The zero-order chi connectivity index (χ0) is 13.6. The van der Waals surface area contributed by atoms with E-state index in [1.807, 2.05) is 29.9 Å². The van der Waals surface area contributed by atoms with Crippen molar-refractivity contribution in [3.05, 3.63) is 45.4 Å². The third kappa shape index (κ3) is 1.79. The normalized spacial score (nSPS) is 11.1. The Morgan fingerprint density at radius 1 is 1.05 bits per heavy atom. The fourth-order valence-corrected chi connectivity index (χ4v) is 2.84. The van der Waals surface area contributed by atoms with Crippen LogP contribution in [0.3, 0.4) is 0 Å². The molecule has 1 aromatic carbocycles. The van der Waals surface area contributed by atoms with Crippen LogP contribution in [0.25, 0.3) is 22.3 Å². The fraction of sp³-hybridized carbons (Fsp3) is 0.154. The molecular weight excluding hydrogens is 308 g/mol. The van der Waals surface area contributed by atoms with E-state index < -0.39 is 0 Å². The predicted octanol–water partition coefficient (Wildman–Crippen LogP) is 2.10. The van der Waals surface area contributed by atoms with E-state index in [0.29, 0.717) is 4.47 Å². The van der Waals surface area contributed by atoms with Crippen molar-refractivity contribution in [3.8, 4) is 11.3 Å². The fourth-order valence-electron chi connectivity index (χ4n) is 2.10. The van der Waals surface area contributed by atoms with Gasteiger partial charge in [0.15, 0.2) is 0 Å². The highest BCUT2D eigenvalue weighted by molar-refractivity contribution is 9.10. The van der Waals surface area contributed by atoms with Gasteiger partial charge in [-0.05, 0) is 28.1 Å². The van der Waals surface area contributed by atoms with Gasteiger partial charge in [0.25, 0.3) is 5.56 Å². The highest BCUT2D eigenvalue weighted by Gasteiger charge is 2.15. The molecule has 0 aliphatic rings. The standard InChI is InChI=1S/C13H11BrN4O/c1-17-12(11(14)13(19)18(17)2)8-3-4-9-10(7-8)16-6-5-15-9/h3-7H,1-2H3. The number of fused-ring (bicyclic) bond motifs is 1. The second-order valence-corrected chi connectivity index (χ2v) is 5.07. The van der Waals surface area contributed by atoms with Crippen LogP contribution in [-0.2, 0) is 14.1 Å². The van der Waals surface area contributed by atoms with E-state index in [-0.39, 0.29) is 5.56 Å². The van der Waals surface area contributed by atoms with Crippen molar-refractivity contribution in [2.75, 3.05) is 0 Å². The van der Waals surface area contributed by atoms with Crippen LogP contribution in [0, 0.1) is 0 Å². The van der Waals surface area contributed by atoms with Crippen molar-refractivity contribution in [2.24, 2.45) is 14.1 Å². The minimum Gasteiger partial charge on any atom is -0.284 e. The lowest BCUT2D eigenvalue weighted by Crippen LogP contribution is -2.17. The maximum Gasteiger partial charge on any atom is 0.281 e. The van der Waals surface area contributed by atoms with Crippen LogP contribution in [-0.4, -0.2) is 19.3 Å². The average Bonchev–Trinajstić information content (AvgIpc) is 2.63. The van der Waals surface area contributed by atoms with Crippen LogP contribution in [0.15, 0.2) is 39.9 Å². The molecule has 2 aromatic heterocycles. The molecule has 0 bridgehead atoms. The van der Waals surface area contributed by atoms with Gasteiger partial charge in [-0.25, -0.2) is 0 Å². The lowest BCUT2D eigenvalue weighted by Gasteiger charge is -2.07. The minimum absolute atomic E-state index is 0.0586. The second-order valence-electron chi connectivity index (χ2n) is 4.27. The molecule has 5 nitrogen and oxygen atoms in total. The first-order valence-corrected chi connectivity index (χ1v) is 6.51. The molecule has 0 amide bonds. The first kappa shape index (κ1) is 12.1. The maximum atomic E-state index is 11.9. The number of benzene rings is 1. The summed E-state index contributed by atoms with van der Waals surface area (Å²) in [6, 6.07) is 5.78. The van der Waals surface area contributed by atoms with Gasteiger partial charge in [0.1, 0.15) is 4.47 Å². The zero-order valence-corrected chi connectivity index (χ0v) is 12.0. The number of hydrogen-bond acceptors (Lipinski definition) is 3. The Labute approximate surface area is 117 Å². The maximum absolute atomic E-state index is 11.9. The molecule has 0 saturated carbocycles. The Bertz CT molecular complexity index is 834. The van der Waals surface area contributed by atoms with Crippen molar-refractivity contribution < 1.29 is 0 Å². The van der Waals surface area contributed by atoms with Crippen molar-refractivity contribution >= 4 is 27.0 Å². The Kier molecular flexibility index (Phi) is 2.74. The molecule has 0 radical (unpaired) electrons. The van der Waals surface area contributed by atoms with Crippen LogP contribution in [0.1, 0.15) is 0 Å². The summed E-state index contributed by atoms with van der Waals surface area (Å²) in [5.74, 6) is 0. The molecule has 0 spiro atoms. The van der Waals surface area contributed by atoms with E-state index in [4.69, 9.17) is 0 Å². The van der Waals surface area contributed by atoms with Gasteiger partial charge < -0.3 is 0 Å². The third-order valence-corrected chi connectivity index (χ3v) is 3.92. The van der Waals surface area contributed by atoms with Crippen molar-refractivity contribution in [3.63, 3.8) is 0 Å². The summed E-state index contributed by atoms with van der Waals surface area (Å²) < 4.78 is 3.92. The lowest BCUT2D eigenvalue weighted by atomic mass is 10.1. The average molecular weight is 319 g/mol. The number of aromatic nitrogens is 4. The highest BCUT2D eigenvalue weighted by Crippen LogP contribution is 2.27. The van der Waals surface area contributed by atoms with Gasteiger partial charge in [-0.1, -0.05) is 6.07 Å². The molecule has 19 heavy (non-hydrogen) atoms. The molecule has 0 N–H and O–H groups in total. The second kappa shape index (κ2) is 4.31. The van der Waals surface area contributed by atoms with Gasteiger partial charge in [-0.2, -0.15) is 0 Å². The molecular formula is C13H11BrN4O. The number of rotatable bonds is 1. The summed E-state index contributed by atoms with van der Waals surface area (Å²) in [6.45, 7) is 0. The summed E-state index contributed by atoms with van der Waals surface area (Å²) in [5.41, 5.74) is 3.35. The van der Waals surface area contributed by atoms with Crippen LogP contribution >= 0.6 is 15.9 Å². The number of hydrogen-bond donors (Lipinski definition) is 0. The first-order valence-electron chi connectivity index (χ1n) is 5.72. The van der Waals surface area contributed by atoms with Crippen molar-refractivity contribution in [2.45, 2.75) is 0 Å². The van der Waals surface area contributed by atoms with Crippen LogP contribution < -0.4 is 5.56 Å². The Hall–Kier alpha value is -1.95. The molecule has 3 rings (SSSR count). The van der Waals surface area contributed by atoms with Crippen LogP contribution in [0.4, 0.5) is 0 Å². The Morgan fingerprint density at radius 3 is 2.37 bits per heavy atom. The Morgan fingerprint density at radius 2 is 1.74 bits per heavy atom. The van der Waals surface area contributed by atoms with E-state index >= 15 is 0 Å². The molecule has 0 atom stereocenters. The van der Waals surface area contributed by atoms with Crippen molar-refractivity contribution in [1.82, 2.24) is 19.3 Å².